The molecule has 2 rings (SSSR count). The largest absolute Gasteiger partial charge is 0.319 e. The standard InChI is InChI=1S/C15H18BrNS/c1-11-5-3-4-6-14(11)12(10-17-2)9-13-7-8-15(16)18-13/h3-8,12,17H,9-10H2,1-2H3. The molecule has 2 aromatic rings. The Bertz CT molecular complexity index is 507. The van der Waals surface area contributed by atoms with E-state index in [9.17, 15) is 0 Å². The van der Waals surface area contributed by atoms with Crippen molar-refractivity contribution in [2.75, 3.05) is 13.6 Å². The number of rotatable bonds is 5. The maximum absolute atomic E-state index is 3.53. The van der Waals surface area contributed by atoms with Gasteiger partial charge in [0.25, 0.3) is 0 Å². The summed E-state index contributed by atoms with van der Waals surface area (Å²) in [7, 11) is 2.02. The first kappa shape index (κ1) is 13.8. The second-order valence-electron chi connectivity index (χ2n) is 4.52. The van der Waals surface area contributed by atoms with Gasteiger partial charge in [0.15, 0.2) is 0 Å². The van der Waals surface area contributed by atoms with Gasteiger partial charge in [0, 0.05) is 17.3 Å². The third-order valence-corrected chi connectivity index (χ3v) is 4.80. The number of hydrogen-bond donors (Lipinski definition) is 1. The van der Waals surface area contributed by atoms with E-state index >= 15 is 0 Å². The summed E-state index contributed by atoms with van der Waals surface area (Å²) in [4.78, 5) is 1.44. The fraction of sp³-hybridized carbons (Fsp3) is 0.333. The Labute approximate surface area is 121 Å². The molecule has 0 aliphatic rings. The van der Waals surface area contributed by atoms with Crippen LogP contribution >= 0.6 is 27.3 Å². The molecule has 1 atom stereocenters. The van der Waals surface area contributed by atoms with Crippen molar-refractivity contribution in [3.63, 3.8) is 0 Å². The lowest BCUT2D eigenvalue weighted by Crippen LogP contribution is -2.19. The van der Waals surface area contributed by atoms with Gasteiger partial charge in [-0.25, -0.2) is 0 Å². The van der Waals surface area contributed by atoms with Crippen molar-refractivity contribution in [2.24, 2.45) is 0 Å². The lowest BCUT2D eigenvalue weighted by atomic mass is 9.91. The van der Waals surface area contributed by atoms with Crippen LogP contribution in [0.3, 0.4) is 0 Å². The van der Waals surface area contributed by atoms with Crippen LogP contribution < -0.4 is 5.32 Å². The van der Waals surface area contributed by atoms with Crippen molar-refractivity contribution in [1.82, 2.24) is 5.32 Å². The molecule has 0 fully saturated rings. The van der Waals surface area contributed by atoms with Crippen molar-refractivity contribution < 1.29 is 0 Å². The molecule has 96 valence electrons. The van der Waals surface area contributed by atoms with Crippen molar-refractivity contribution >= 4 is 27.3 Å². The van der Waals surface area contributed by atoms with Gasteiger partial charge in [-0.2, -0.15) is 0 Å². The Morgan fingerprint density at radius 1 is 1.22 bits per heavy atom. The molecule has 1 aromatic heterocycles. The summed E-state index contributed by atoms with van der Waals surface area (Å²) in [6.45, 7) is 3.21. The molecule has 1 heterocycles. The van der Waals surface area contributed by atoms with Gasteiger partial charge < -0.3 is 5.32 Å². The summed E-state index contributed by atoms with van der Waals surface area (Å²) in [5, 5.41) is 3.31. The molecule has 1 unspecified atom stereocenters. The van der Waals surface area contributed by atoms with Crippen LogP contribution in [-0.4, -0.2) is 13.6 Å². The maximum atomic E-state index is 3.53. The van der Waals surface area contributed by atoms with Gasteiger partial charge in [0.1, 0.15) is 0 Å². The van der Waals surface area contributed by atoms with Crippen LogP contribution in [-0.2, 0) is 6.42 Å². The average Bonchev–Trinajstić information content (AvgIpc) is 2.75. The molecule has 0 aliphatic carbocycles. The summed E-state index contributed by atoms with van der Waals surface area (Å²) < 4.78 is 1.21. The molecule has 0 bridgehead atoms. The predicted molar refractivity (Wildman–Crippen MR) is 83.6 cm³/mol. The van der Waals surface area contributed by atoms with E-state index in [1.54, 1.807) is 0 Å². The highest BCUT2D eigenvalue weighted by atomic mass is 79.9. The third-order valence-electron chi connectivity index (χ3n) is 3.16. The number of nitrogens with one attached hydrogen (secondary N) is 1. The normalized spacial score (nSPS) is 12.6. The summed E-state index contributed by atoms with van der Waals surface area (Å²) in [5.41, 5.74) is 2.84. The SMILES string of the molecule is CNCC(Cc1ccc(Br)s1)c1ccccc1C. The maximum Gasteiger partial charge on any atom is 0.0701 e. The molecule has 3 heteroatoms. The van der Waals surface area contributed by atoms with Crippen LogP contribution in [0.4, 0.5) is 0 Å². The highest BCUT2D eigenvalue weighted by Gasteiger charge is 2.14. The van der Waals surface area contributed by atoms with E-state index in [2.05, 4.69) is 64.6 Å². The van der Waals surface area contributed by atoms with Crippen LogP contribution in [0.5, 0.6) is 0 Å². The zero-order valence-electron chi connectivity index (χ0n) is 10.7. The summed E-state index contributed by atoms with van der Waals surface area (Å²) >= 11 is 5.37. The molecule has 0 spiro atoms. The highest BCUT2D eigenvalue weighted by Crippen LogP contribution is 2.29. The van der Waals surface area contributed by atoms with Crippen molar-refractivity contribution in [3.8, 4) is 0 Å². The Hall–Kier alpha value is -0.640. The van der Waals surface area contributed by atoms with E-state index in [-0.39, 0.29) is 0 Å². The van der Waals surface area contributed by atoms with E-state index < -0.39 is 0 Å². The molecule has 1 N–H and O–H groups in total. The van der Waals surface area contributed by atoms with Crippen LogP contribution in [0.25, 0.3) is 0 Å². The molecule has 0 radical (unpaired) electrons. The Morgan fingerprint density at radius 3 is 2.61 bits per heavy atom. The van der Waals surface area contributed by atoms with E-state index in [4.69, 9.17) is 0 Å². The first-order chi connectivity index (χ1) is 8.70. The van der Waals surface area contributed by atoms with Gasteiger partial charge in [0.05, 0.1) is 3.79 Å². The van der Waals surface area contributed by atoms with Crippen LogP contribution in [0.15, 0.2) is 40.2 Å². The summed E-state index contributed by atoms with van der Waals surface area (Å²) in [6, 6.07) is 13.0. The molecular formula is C15H18BrNS. The second-order valence-corrected chi connectivity index (χ2v) is 7.07. The molecule has 0 aliphatic heterocycles. The van der Waals surface area contributed by atoms with Crippen LogP contribution in [0, 0.1) is 6.92 Å². The number of benzene rings is 1. The molecule has 0 saturated heterocycles. The van der Waals surface area contributed by atoms with Crippen molar-refractivity contribution in [1.29, 1.82) is 0 Å². The average molecular weight is 324 g/mol. The molecule has 0 amide bonds. The van der Waals surface area contributed by atoms with E-state index in [1.165, 1.54) is 19.8 Å². The Kier molecular flexibility index (Phi) is 4.98. The minimum atomic E-state index is 0.543. The molecule has 1 aromatic carbocycles. The lowest BCUT2D eigenvalue weighted by molar-refractivity contribution is 0.627. The first-order valence-electron chi connectivity index (χ1n) is 6.15. The van der Waals surface area contributed by atoms with Crippen LogP contribution in [0.1, 0.15) is 21.9 Å². The third kappa shape index (κ3) is 3.44. The van der Waals surface area contributed by atoms with Gasteiger partial charge in [-0.3, -0.25) is 0 Å². The van der Waals surface area contributed by atoms with E-state index in [0.29, 0.717) is 5.92 Å². The van der Waals surface area contributed by atoms with E-state index in [1.807, 2.05) is 18.4 Å². The number of hydrogen-bond acceptors (Lipinski definition) is 2. The van der Waals surface area contributed by atoms with Gasteiger partial charge in [0.2, 0.25) is 0 Å². The van der Waals surface area contributed by atoms with Crippen molar-refractivity contribution in [2.45, 2.75) is 19.3 Å². The van der Waals surface area contributed by atoms with Crippen LogP contribution in [0.2, 0.25) is 0 Å². The first-order valence-corrected chi connectivity index (χ1v) is 7.76. The van der Waals surface area contributed by atoms with Gasteiger partial charge in [-0.15, -0.1) is 11.3 Å². The zero-order chi connectivity index (χ0) is 13.0. The Balaban J connectivity index is 2.20. The number of thiophene rings is 1. The molecule has 0 saturated carbocycles. The lowest BCUT2D eigenvalue weighted by Gasteiger charge is -2.18. The smallest absolute Gasteiger partial charge is 0.0701 e. The fourth-order valence-electron chi connectivity index (χ4n) is 2.29. The molecule has 18 heavy (non-hydrogen) atoms. The monoisotopic (exact) mass is 323 g/mol. The number of likely N-dealkylation sites (N-methyl/N-ethyl adjacent to an activating group) is 1. The van der Waals surface area contributed by atoms with E-state index in [0.717, 1.165) is 13.0 Å². The molecule has 1 nitrogen and oxygen atoms in total. The highest BCUT2D eigenvalue weighted by molar-refractivity contribution is 9.11. The Morgan fingerprint density at radius 2 is 2.00 bits per heavy atom. The quantitative estimate of drug-likeness (QED) is 0.861. The minimum absolute atomic E-state index is 0.543. The fourth-order valence-corrected chi connectivity index (χ4v) is 3.85. The summed E-state index contributed by atoms with van der Waals surface area (Å²) in [6.07, 6.45) is 1.10. The minimum Gasteiger partial charge on any atom is -0.319 e. The zero-order valence-corrected chi connectivity index (χ0v) is 13.1. The number of halogens is 1. The topological polar surface area (TPSA) is 12.0 Å². The summed E-state index contributed by atoms with van der Waals surface area (Å²) in [5.74, 6) is 0.543. The molecular weight excluding hydrogens is 306 g/mol. The number of aryl methyl sites for hydroxylation is 1. The predicted octanol–water partition coefficient (Wildman–Crippen LogP) is 4.36. The second kappa shape index (κ2) is 6.50. The van der Waals surface area contributed by atoms with Crippen molar-refractivity contribution in [3.05, 3.63) is 56.2 Å². The van der Waals surface area contributed by atoms with Gasteiger partial charge in [-0.1, -0.05) is 24.3 Å². The van der Waals surface area contributed by atoms with Gasteiger partial charge >= 0.3 is 0 Å². The van der Waals surface area contributed by atoms with Gasteiger partial charge in [-0.05, 0) is 59.6 Å².